The van der Waals surface area contributed by atoms with E-state index in [2.05, 4.69) is 16.0 Å². The summed E-state index contributed by atoms with van der Waals surface area (Å²) in [6.07, 6.45) is -0.608. The van der Waals surface area contributed by atoms with Crippen LogP contribution in [0.3, 0.4) is 0 Å². The minimum Gasteiger partial charge on any atom is -0.508 e. The monoisotopic (exact) mass is 494 g/mol. The summed E-state index contributed by atoms with van der Waals surface area (Å²) in [6.45, 7) is 8.20. The number of hydrogen-bond acceptors (Lipinski definition) is 7. The Morgan fingerprint density at radius 3 is 1.80 bits per heavy atom. The molecule has 0 fully saturated rings. The van der Waals surface area contributed by atoms with Gasteiger partial charge in [-0.3, -0.25) is 14.4 Å². The summed E-state index contributed by atoms with van der Waals surface area (Å²) in [5, 5.41) is 35.8. The van der Waals surface area contributed by atoms with Crippen molar-refractivity contribution in [3.8, 4) is 5.75 Å². The molecule has 0 aromatic heterocycles. The van der Waals surface area contributed by atoms with Crippen LogP contribution in [0.1, 0.15) is 46.6 Å². The smallest absolute Gasteiger partial charge is 0.328 e. The number of rotatable bonds is 13. The van der Waals surface area contributed by atoms with Gasteiger partial charge in [0.15, 0.2) is 6.04 Å². The summed E-state index contributed by atoms with van der Waals surface area (Å²) in [5.41, 5.74) is 6.77. The summed E-state index contributed by atoms with van der Waals surface area (Å²) in [4.78, 5) is 50.0. The van der Waals surface area contributed by atoms with Crippen molar-refractivity contribution in [3.05, 3.63) is 29.8 Å². The van der Waals surface area contributed by atoms with E-state index in [-0.39, 0.29) is 18.1 Å². The van der Waals surface area contributed by atoms with Crippen molar-refractivity contribution in [1.29, 1.82) is 0 Å². The van der Waals surface area contributed by atoms with Crippen LogP contribution in [0.4, 0.5) is 0 Å². The second kappa shape index (κ2) is 13.6. The van der Waals surface area contributed by atoms with E-state index in [1.807, 2.05) is 6.92 Å². The van der Waals surface area contributed by atoms with Crippen molar-refractivity contribution in [2.24, 2.45) is 17.6 Å². The number of carbonyl (C=O) groups is 4. The Morgan fingerprint density at radius 2 is 1.34 bits per heavy atom. The summed E-state index contributed by atoms with van der Waals surface area (Å²) in [6, 6.07) is 1.68. The van der Waals surface area contributed by atoms with Gasteiger partial charge in [-0.2, -0.15) is 0 Å². The molecule has 1 rings (SSSR count). The fourth-order valence-electron chi connectivity index (χ4n) is 3.35. The number of carboxylic acids is 1. The minimum absolute atomic E-state index is 0.0899. The first-order valence-electron chi connectivity index (χ1n) is 11.6. The largest absolute Gasteiger partial charge is 0.508 e. The molecule has 0 radical (unpaired) electrons. The maximum atomic E-state index is 13.1. The Balaban J connectivity index is 2.96. The predicted molar refractivity (Wildman–Crippen MR) is 129 cm³/mol. The van der Waals surface area contributed by atoms with Gasteiger partial charge >= 0.3 is 5.97 Å². The van der Waals surface area contributed by atoms with E-state index in [4.69, 9.17) is 5.73 Å². The van der Waals surface area contributed by atoms with Crippen LogP contribution in [-0.2, 0) is 25.6 Å². The van der Waals surface area contributed by atoms with Crippen molar-refractivity contribution < 1.29 is 34.5 Å². The Labute approximate surface area is 205 Å². The first-order valence-corrected chi connectivity index (χ1v) is 11.6. The molecule has 0 heterocycles. The Morgan fingerprint density at radius 1 is 0.857 bits per heavy atom. The lowest BCUT2D eigenvalue weighted by Crippen LogP contribution is -2.60. The average molecular weight is 495 g/mol. The first kappa shape index (κ1) is 29.9. The molecule has 0 saturated heterocycles. The Hall–Kier alpha value is -3.18. The predicted octanol–water partition coefficient (Wildman–Crippen LogP) is -0.116. The lowest BCUT2D eigenvalue weighted by molar-refractivity contribution is -0.145. The maximum absolute atomic E-state index is 13.1. The fourth-order valence-corrected chi connectivity index (χ4v) is 3.35. The number of nitrogens with two attached hydrogens (primary N) is 1. The number of hydrogen-bond donors (Lipinski definition) is 7. The van der Waals surface area contributed by atoms with E-state index >= 15 is 0 Å². The molecule has 0 aliphatic heterocycles. The van der Waals surface area contributed by atoms with Gasteiger partial charge in [-0.15, -0.1) is 0 Å². The van der Waals surface area contributed by atoms with Gasteiger partial charge in [-0.05, 0) is 42.9 Å². The molecular weight excluding hydrogens is 456 g/mol. The van der Waals surface area contributed by atoms with Gasteiger partial charge in [-0.1, -0.05) is 46.2 Å². The average Bonchev–Trinajstić information content (AvgIpc) is 2.79. The molecule has 1 aromatic rings. The topological polar surface area (TPSA) is 191 Å². The SMILES string of the molecule is CCC(C)C(NC(=O)C(N)Cc1ccc(O)cc1)C(=O)NC(C(=O)NC(C(=O)O)C(C)O)C(C)C. The summed E-state index contributed by atoms with van der Waals surface area (Å²) in [7, 11) is 0. The van der Waals surface area contributed by atoms with Crippen LogP contribution < -0.4 is 21.7 Å². The highest BCUT2D eigenvalue weighted by Gasteiger charge is 2.34. The Bertz CT molecular complexity index is 873. The molecular formula is C24H38N4O7. The van der Waals surface area contributed by atoms with E-state index < -0.39 is 59.9 Å². The zero-order valence-electron chi connectivity index (χ0n) is 20.8. The highest BCUT2D eigenvalue weighted by Crippen LogP contribution is 2.13. The minimum atomic E-state index is -1.54. The van der Waals surface area contributed by atoms with Gasteiger partial charge in [0, 0.05) is 0 Å². The van der Waals surface area contributed by atoms with Crippen LogP contribution in [0.5, 0.6) is 5.75 Å². The number of carbonyl (C=O) groups excluding carboxylic acids is 3. The van der Waals surface area contributed by atoms with Crippen LogP contribution in [0.2, 0.25) is 0 Å². The van der Waals surface area contributed by atoms with E-state index in [0.29, 0.717) is 6.42 Å². The molecule has 196 valence electrons. The summed E-state index contributed by atoms with van der Waals surface area (Å²) >= 11 is 0. The third-order valence-corrected chi connectivity index (χ3v) is 5.82. The molecule has 0 aliphatic rings. The third kappa shape index (κ3) is 9.18. The highest BCUT2D eigenvalue weighted by atomic mass is 16.4. The lowest BCUT2D eigenvalue weighted by Gasteiger charge is -2.29. The molecule has 11 nitrogen and oxygen atoms in total. The molecule has 8 N–H and O–H groups in total. The van der Waals surface area contributed by atoms with Crippen LogP contribution in [0.25, 0.3) is 0 Å². The van der Waals surface area contributed by atoms with Crippen LogP contribution in [0, 0.1) is 11.8 Å². The number of aromatic hydroxyl groups is 1. The van der Waals surface area contributed by atoms with Crippen molar-refractivity contribution in [2.75, 3.05) is 0 Å². The number of nitrogens with one attached hydrogen (secondary N) is 3. The number of aliphatic hydroxyl groups is 1. The number of phenolic OH excluding ortho intramolecular Hbond substituents is 1. The summed E-state index contributed by atoms with van der Waals surface area (Å²) in [5.74, 6) is -3.94. The van der Waals surface area contributed by atoms with Gasteiger partial charge in [0.25, 0.3) is 0 Å². The maximum Gasteiger partial charge on any atom is 0.328 e. The zero-order valence-corrected chi connectivity index (χ0v) is 20.8. The van der Waals surface area contributed by atoms with Gasteiger partial charge in [0.1, 0.15) is 17.8 Å². The lowest BCUT2D eigenvalue weighted by atomic mass is 9.95. The van der Waals surface area contributed by atoms with E-state index in [0.717, 1.165) is 5.56 Å². The molecule has 0 bridgehead atoms. The number of aliphatic carboxylic acids is 1. The zero-order chi connectivity index (χ0) is 26.9. The molecule has 0 aliphatic carbocycles. The molecule has 0 saturated carbocycles. The molecule has 1 aromatic carbocycles. The van der Waals surface area contributed by atoms with Crippen LogP contribution in [-0.4, -0.2) is 69.3 Å². The first-order chi connectivity index (χ1) is 16.3. The van der Waals surface area contributed by atoms with Crippen LogP contribution >= 0.6 is 0 Å². The number of amides is 3. The fraction of sp³-hybridized carbons (Fsp3) is 0.583. The number of benzene rings is 1. The molecule has 11 heteroatoms. The number of phenols is 1. The second-order valence-corrected chi connectivity index (χ2v) is 9.14. The number of aliphatic hydroxyl groups excluding tert-OH is 1. The molecule has 35 heavy (non-hydrogen) atoms. The van der Waals surface area contributed by atoms with Gasteiger partial charge < -0.3 is 37.0 Å². The quantitative estimate of drug-likeness (QED) is 0.197. The standard InChI is InChI=1S/C24H38N4O7/c1-6-13(4)19(27-21(31)17(25)11-15-7-9-16(30)10-8-15)23(33)26-18(12(2)3)22(32)28-20(14(5)29)24(34)35/h7-10,12-14,17-20,29-30H,6,11,25H2,1-5H3,(H,26,33)(H,27,31)(H,28,32)(H,34,35). The van der Waals surface area contributed by atoms with Crippen molar-refractivity contribution >= 4 is 23.7 Å². The van der Waals surface area contributed by atoms with Gasteiger partial charge in [0.05, 0.1) is 12.1 Å². The van der Waals surface area contributed by atoms with Gasteiger partial charge in [0.2, 0.25) is 17.7 Å². The van der Waals surface area contributed by atoms with Crippen LogP contribution in [0.15, 0.2) is 24.3 Å². The highest BCUT2D eigenvalue weighted by molar-refractivity contribution is 5.94. The van der Waals surface area contributed by atoms with E-state index in [1.165, 1.54) is 19.1 Å². The Kier molecular flexibility index (Phi) is 11.6. The molecule has 6 unspecified atom stereocenters. The van der Waals surface area contributed by atoms with E-state index in [9.17, 15) is 34.5 Å². The van der Waals surface area contributed by atoms with Gasteiger partial charge in [-0.25, -0.2) is 4.79 Å². The molecule has 6 atom stereocenters. The second-order valence-electron chi connectivity index (χ2n) is 9.14. The normalized spacial score (nSPS) is 16.3. The van der Waals surface area contributed by atoms with Crippen molar-refractivity contribution in [2.45, 2.75) is 77.7 Å². The van der Waals surface area contributed by atoms with Crippen molar-refractivity contribution in [1.82, 2.24) is 16.0 Å². The van der Waals surface area contributed by atoms with E-state index in [1.54, 1.807) is 32.9 Å². The van der Waals surface area contributed by atoms with Crippen molar-refractivity contribution in [3.63, 3.8) is 0 Å². The third-order valence-electron chi connectivity index (χ3n) is 5.82. The summed E-state index contributed by atoms with van der Waals surface area (Å²) < 4.78 is 0. The number of carboxylic acid groups (broad SMARTS) is 1. The molecule has 0 spiro atoms. The molecule has 3 amide bonds.